The SMILES string of the molecule is COc1cc(OC)cc(-c2cc3cnc(Cl)nc3cc2OC)c1.COc1cc2nc(Cl)ncc2cc1-c1c(Cl)c(OC)cc(OC)c1Cl.COc1cc2nc(Nc3c(C)cccc3N)ncc2cc1-c1c(Cl)c(OC)cc(OC)c1Cl.COc1cc2nc(Nc3c(C)cccc3[N+](=O)[O-])ncc2cc1-c1c(Cl)c(OC)cc(OC)c1Cl.O=S(=O)(Cl)Cl.[HH]. The van der Waals surface area contributed by atoms with Crippen LogP contribution >= 0.6 is 114 Å². The summed E-state index contributed by atoms with van der Waals surface area (Å²) in [7, 11) is 23.4. The summed E-state index contributed by atoms with van der Waals surface area (Å²) in [5.74, 6) is 6.72. The largest absolute Gasteiger partial charge is 0.497 e. The molecule has 28 nitrogen and oxygen atoms in total. The molecule has 4 aromatic heterocycles. The molecule has 0 aliphatic rings. The highest BCUT2D eigenvalue weighted by Crippen LogP contribution is 2.53. The van der Waals surface area contributed by atoms with Crippen LogP contribution in [0.15, 0.2) is 146 Å². The Balaban J connectivity index is 0.000000183. The van der Waals surface area contributed by atoms with Gasteiger partial charge in [-0.3, -0.25) is 10.1 Å². The highest BCUT2D eigenvalue weighted by molar-refractivity contribution is 8.31. The van der Waals surface area contributed by atoms with Crippen molar-refractivity contribution in [2.24, 2.45) is 0 Å². The molecule has 121 heavy (non-hydrogen) atoms. The van der Waals surface area contributed by atoms with Gasteiger partial charge in [0.05, 0.1) is 154 Å². The number of hydrogen-bond donors (Lipinski definition) is 3. The summed E-state index contributed by atoms with van der Waals surface area (Å²) < 4.78 is 83.5. The van der Waals surface area contributed by atoms with Crippen LogP contribution in [-0.2, 0) is 8.26 Å². The Morgan fingerprint density at radius 1 is 0.372 bits per heavy atom. The number of nitrogens with two attached hydrogens (primary N) is 1. The molecule has 39 heteroatoms. The van der Waals surface area contributed by atoms with Gasteiger partial charge < -0.3 is 73.2 Å². The van der Waals surface area contributed by atoms with Crippen molar-refractivity contribution in [2.45, 2.75) is 13.8 Å². The van der Waals surface area contributed by atoms with Crippen LogP contribution in [0.2, 0.25) is 40.7 Å². The Kier molecular flexibility index (Phi) is 31.1. The molecule has 0 saturated heterocycles. The van der Waals surface area contributed by atoms with E-state index in [4.69, 9.17) is 164 Å². The molecule has 0 aliphatic carbocycles. The number of aryl methyl sites for hydroxylation is 2. The molecule has 0 bridgehead atoms. The lowest BCUT2D eigenvalue weighted by Gasteiger charge is -2.17. The molecule has 4 N–H and O–H groups in total. The van der Waals surface area contributed by atoms with E-state index < -0.39 is 13.2 Å². The van der Waals surface area contributed by atoms with Gasteiger partial charge in [0.2, 0.25) is 22.5 Å². The first kappa shape index (κ1) is 92.1. The van der Waals surface area contributed by atoms with Crippen molar-refractivity contribution in [3.63, 3.8) is 0 Å². The smallest absolute Gasteiger partial charge is 0.317 e. The van der Waals surface area contributed by atoms with E-state index in [1.807, 2.05) is 67.6 Å². The van der Waals surface area contributed by atoms with E-state index in [-0.39, 0.29) is 23.6 Å². The Labute approximate surface area is 743 Å². The van der Waals surface area contributed by atoms with Crippen LogP contribution in [-0.4, -0.2) is 139 Å². The first-order valence-corrected chi connectivity index (χ1v) is 41.0. The Morgan fingerprint density at radius 3 is 0.975 bits per heavy atom. The van der Waals surface area contributed by atoms with E-state index in [0.29, 0.717) is 177 Å². The van der Waals surface area contributed by atoms with E-state index in [9.17, 15) is 10.1 Å². The summed E-state index contributed by atoms with van der Waals surface area (Å²) in [6.07, 6.45) is 6.61. The van der Waals surface area contributed by atoms with Crippen molar-refractivity contribution < 1.29 is 71.6 Å². The molecule has 0 amide bonds. The third-order valence-corrected chi connectivity index (χ3v) is 20.6. The standard InChI is InChI=1S/C24H20Cl2N4O5.C24H22Cl2N4O3.C17H13Cl3N2O3.C17H15ClN2O3.Cl2O2S.H2/c1-12-6-5-7-16(30(31)32)23(12)29-24-27-11-13-8-14(17(33-2)9-15(13)28-24)20-21(25)18(34-3)10-19(35-4)22(20)26;1-12-6-5-7-15(27)23(12)30-24-28-11-13-8-14(17(31-2)9-16(13)29-24)20-21(25)18(32-3)10-19(33-4)22(20)26;1-23-11-5-10-8(7-21-17(20)22-10)4-9(11)14-15(18)12(24-2)6-13(25-3)16(14)19;1-21-12-4-10(5-13(7-12)22-2)14-6-11-9-19-17(18)20-15(11)8-16(14)23-3;1-5(2,3)4;/h5-11H,1-4H3,(H,27,28,29);5-11H,27H2,1-4H3,(H,28,29,30);4-7H,1-3H3;4-9H,1-3H3;;1H. The van der Waals surface area contributed by atoms with Crippen LogP contribution < -0.4 is 73.2 Å². The van der Waals surface area contributed by atoms with Crippen molar-refractivity contribution >= 4 is 201 Å². The first-order valence-electron chi connectivity index (χ1n) is 34.8. The Morgan fingerprint density at radius 2 is 0.661 bits per heavy atom. The number of nitrogens with zero attached hydrogens (tertiary/aromatic N) is 9. The molecule has 0 aliphatic heterocycles. The van der Waals surface area contributed by atoms with Gasteiger partial charge in [0, 0.05) is 163 Å². The number of ether oxygens (including phenoxy) is 12. The minimum atomic E-state index is -3.72. The fourth-order valence-electron chi connectivity index (χ4n) is 12.2. The van der Waals surface area contributed by atoms with E-state index in [1.54, 1.807) is 122 Å². The molecule has 632 valence electrons. The molecular formula is C82H72Cl10N12O16S. The normalized spacial score (nSPS) is 10.8. The number of nitrogen functional groups attached to an aromatic ring is 1. The van der Waals surface area contributed by atoms with Gasteiger partial charge in [-0.05, 0) is 96.2 Å². The summed E-state index contributed by atoms with van der Waals surface area (Å²) in [6.45, 7) is 3.73. The average Bonchev–Trinajstić information content (AvgIpc) is 0.775. The maximum atomic E-state index is 11.4. The monoisotopic (exact) mass is 1860 g/mol. The predicted molar refractivity (Wildman–Crippen MR) is 481 cm³/mol. The number of nitro groups is 1. The van der Waals surface area contributed by atoms with Gasteiger partial charge >= 0.3 is 8.26 Å². The molecule has 0 fully saturated rings. The lowest BCUT2D eigenvalue weighted by atomic mass is 10.0. The average molecular weight is 1870 g/mol. The molecule has 14 rings (SSSR count). The molecule has 0 radical (unpaired) electrons. The van der Waals surface area contributed by atoms with Gasteiger partial charge in [-0.2, -0.15) is 8.42 Å². The van der Waals surface area contributed by atoms with Crippen molar-refractivity contribution in [1.82, 2.24) is 39.9 Å². The van der Waals surface area contributed by atoms with Gasteiger partial charge in [0.25, 0.3) is 5.69 Å². The Hall–Kier alpha value is -11.2. The maximum Gasteiger partial charge on any atom is 0.317 e. The fraction of sp³-hybridized carbons (Fsp3) is 0.171. The molecule has 0 unspecified atom stereocenters. The highest BCUT2D eigenvalue weighted by Gasteiger charge is 2.28. The van der Waals surface area contributed by atoms with Crippen molar-refractivity contribution in [2.75, 3.05) is 102 Å². The van der Waals surface area contributed by atoms with Gasteiger partial charge in [-0.1, -0.05) is 93.9 Å². The first-order chi connectivity index (χ1) is 57.8. The van der Waals surface area contributed by atoms with E-state index in [0.717, 1.165) is 44.1 Å². The molecule has 0 atom stereocenters. The number of para-hydroxylation sites is 2. The van der Waals surface area contributed by atoms with Crippen LogP contribution in [0.5, 0.6) is 69.0 Å². The number of halogens is 10. The zero-order chi connectivity index (χ0) is 88.0. The number of fused-ring (bicyclic) bond motifs is 4. The molecular weight excluding hydrogens is 1800 g/mol. The summed E-state index contributed by atoms with van der Waals surface area (Å²) >= 11 is 51.2. The number of methoxy groups -OCH3 is 12. The number of anilines is 5. The van der Waals surface area contributed by atoms with Crippen molar-refractivity contribution in [1.29, 1.82) is 0 Å². The van der Waals surface area contributed by atoms with E-state index >= 15 is 0 Å². The minimum Gasteiger partial charge on any atom is -0.497 e. The minimum absolute atomic E-state index is 0. The maximum absolute atomic E-state index is 11.4. The second-order valence-corrected chi connectivity index (χ2v) is 31.6. The van der Waals surface area contributed by atoms with Crippen LogP contribution in [0.25, 0.3) is 88.1 Å². The number of nitrogens with one attached hydrogen (secondary N) is 2. The van der Waals surface area contributed by atoms with E-state index in [1.165, 1.54) is 55.8 Å². The van der Waals surface area contributed by atoms with Crippen LogP contribution in [0.4, 0.5) is 34.6 Å². The van der Waals surface area contributed by atoms with Crippen molar-refractivity contribution in [3.05, 3.63) is 208 Å². The van der Waals surface area contributed by atoms with Crippen LogP contribution in [0, 0.1) is 24.0 Å². The second-order valence-electron chi connectivity index (χ2n) is 25.0. The van der Waals surface area contributed by atoms with Crippen LogP contribution in [0.1, 0.15) is 12.6 Å². The highest BCUT2D eigenvalue weighted by atomic mass is 36.0. The molecule has 0 spiro atoms. The summed E-state index contributed by atoms with van der Waals surface area (Å²) in [6, 6.07) is 35.6. The number of hydrogen-bond acceptors (Lipinski definition) is 27. The topological polar surface area (TPSA) is 341 Å². The number of aromatic nitrogens is 8. The second kappa shape index (κ2) is 40.9. The predicted octanol–water partition coefficient (Wildman–Crippen LogP) is 23.1. The zero-order valence-electron chi connectivity index (χ0n) is 66.2. The summed E-state index contributed by atoms with van der Waals surface area (Å²) in [5.41, 5.74) is 17.2. The fourth-order valence-corrected chi connectivity index (χ4v) is 14.6. The zero-order valence-corrected chi connectivity index (χ0v) is 74.6. The third-order valence-electron chi connectivity index (χ3n) is 18.0. The third kappa shape index (κ3) is 21.4. The lowest BCUT2D eigenvalue weighted by Crippen LogP contribution is -2.03. The van der Waals surface area contributed by atoms with Gasteiger partial charge in [-0.25, -0.2) is 39.9 Å². The van der Waals surface area contributed by atoms with Crippen LogP contribution in [0.3, 0.4) is 0 Å². The summed E-state index contributed by atoms with van der Waals surface area (Å²) in [5, 5.41) is 23.0. The molecule has 4 heterocycles. The van der Waals surface area contributed by atoms with Crippen molar-refractivity contribution in [3.8, 4) is 114 Å². The summed E-state index contributed by atoms with van der Waals surface area (Å²) in [4.78, 5) is 45.4. The Bertz CT molecular complexity index is 6270. The quantitative estimate of drug-likeness (QED) is 0.0198. The van der Waals surface area contributed by atoms with Gasteiger partial charge in [0.1, 0.15) is 74.7 Å². The lowest BCUT2D eigenvalue weighted by molar-refractivity contribution is -0.384. The van der Waals surface area contributed by atoms with Gasteiger partial charge in [0.15, 0.2) is 0 Å². The number of benzene rings is 10. The molecule has 0 saturated carbocycles. The molecule has 10 aromatic carbocycles. The van der Waals surface area contributed by atoms with E-state index in [2.05, 4.69) is 71.9 Å². The molecule has 14 aromatic rings. The number of nitro benzene ring substituents is 1. The number of rotatable bonds is 21. The van der Waals surface area contributed by atoms with Gasteiger partial charge in [-0.15, -0.1) is 0 Å².